The molecule has 0 radical (unpaired) electrons. The number of hydrogen-bond acceptors (Lipinski definition) is 4. The molecule has 0 unspecified atom stereocenters. The lowest BCUT2D eigenvalue weighted by molar-refractivity contribution is 0.230. The lowest BCUT2D eigenvalue weighted by Gasteiger charge is -2.20. The van der Waals surface area contributed by atoms with Gasteiger partial charge >= 0.3 is 0 Å². The number of rotatable bonds is 7. The smallest absolute Gasteiger partial charge is 0.265 e. The minimum Gasteiger partial charge on any atom is -0.494 e. The van der Waals surface area contributed by atoms with Crippen LogP contribution in [0.25, 0.3) is 16.6 Å². The van der Waals surface area contributed by atoms with E-state index in [2.05, 4.69) is 16.8 Å². The Balaban J connectivity index is 1.46. The predicted molar refractivity (Wildman–Crippen MR) is 117 cm³/mol. The second-order valence-electron chi connectivity index (χ2n) is 7.76. The fourth-order valence-electron chi connectivity index (χ4n) is 4.16. The van der Waals surface area contributed by atoms with E-state index in [0.29, 0.717) is 24.5 Å². The maximum absolute atomic E-state index is 13.0. The summed E-state index contributed by atoms with van der Waals surface area (Å²) in [7, 11) is 0. The molecule has 2 aromatic carbocycles. The van der Waals surface area contributed by atoms with Crippen molar-refractivity contribution in [2.45, 2.75) is 45.6 Å². The van der Waals surface area contributed by atoms with Crippen molar-refractivity contribution in [3.05, 3.63) is 64.7 Å². The molecule has 1 saturated heterocycles. The van der Waals surface area contributed by atoms with Crippen molar-refractivity contribution in [2.24, 2.45) is 0 Å². The van der Waals surface area contributed by atoms with Gasteiger partial charge in [-0.3, -0.25) is 9.36 Å². The van der Waals surface area contributed by atoms with Gasteiger partial charge < -0.3 is 9.64 Å². The predicted octanol–water partition coefficient (Wildman–Crippen LogP) is 4.20. The van der Waals surface area contributed by atoms with Crippen LogP contribution < -0.4 is 10.3 Å². The van der Waals surface area contributed by atoms with E-state index in [4.69, 9.17) is 4.74 Å². The Morgan fingerprint density at radius 3 is 2.66 bits per heavy atom. The van der Waals surface area contributed by atoms with E-state index in [0.717, 1.165) is 35.7 Å². The van der Waals surface area contributed by atoms with E-state index >= 15 is 0 Å². The summed E-state index contributed by atoms with van der Waals surface area (Å²) in [6.07, 6.45) is 4.34. The molecule has 152 valence electrons. The van der Waals surface area contributed by atoms with Crippen LogP contribution in [0.15, 0.2) is 53.3 Å². The third kappa shape index (κ3) is 4.20. The summed E-state index contributed by atoms with van der Waals surface area (Å²) in [5.41, 5.74) is 1.54. The van der Waals surface area contributed by atoms with Gasteiger partial charge in [0.1, 0.15) is 11.6 Å². The van der Waals surface area contributed by atoms with Gasteiger partial charge in [0.15, 0.2) is 0 Å². The first kappa shape index (κ1) is 19.6. The van der Waals surface area contributed by atoms with Gasteiger partial charge in [0, 0.05) is 19.0 Å². The number of aryl methyl sites for hydroxylation is 1. The largest absolute Gasteiger partial charge is 0.494 e. The van der Waals surface area contributed by atoms with Crippen molar-refractivity contribution in [1.29, 1.82) is 0 Å². The molecule has 0 bridgehead atoms. The molecule has 0 aliphatic carbocycles. The van der Waals surface area contributed by atoms with Gasteiger partial charge in [-0.1, -0.05) is 19.1 Å². The van der Waals surface area contributed by atoms with Crippen LogP contribution >= 0.6 is 0 Å². The summed E-state index contributed by atoms with van der Waals surface area (Å²) in [4.78, 5) is 20.3. The van der Waals surface area contributed by atoms with Gasteiger partial charge in [0.2, 0.25) is 0 Å². The number of para-hydroxylation sites is 1. The molecule has 1 fully saturated rings. The molecule has 1 aliphatic rings. The van der Waals surface area contributed by atoms with Gasteiger partial charge in [-0.2, -0.15) is 0 Å². The monoisotopic (exact) mass is 391 g/mol. The van der Waals surface area contributed by atoms with E-state index in [1.807, 2.05) is 55.5 Å². The lowest BCUT2D eigenvalue weighted by Crippen LogP contribution is -2.28. The molecule has 2 heterocycles. The second kappa shape index (κ2) is 8.78. The van der Waals surface area contributed by atoms with E-state index in [-0.39, 0.29) is 5.56 Å². The van der Waals surface area contributed by atoms with Crippen LogP contribution in [0.3, 0.4) is 0 Å². The first-order valence-electron chi connectivity index (χ1n) is 10.7. The van der Waals surface area contributed by atoms with E-state index in [1.54, 1.807) is 4.57 Å². The maximum Gasteiger partial charge on any atom is 0.265 e. The Labute approximate surface area is 171 Å². The van der Waals surface area contributed by atoms with Crippen molar-refractivity contribution in [3.8, 4) is 11.4 Å². The average molecular weight is 392 g/mol. The summed E-state index contributed by atoms with van der Waals surface area (Å²) in [6, 6.07) is 16.0. The number of fused-ring (bicyclic) bond motifs is 1. The molecule has 0 amide bonds. The van der Waals surface area contributed by atoms with E-state index in [9.17, 15) is 4.79 Å². The van der Waals surface area contributed by atoms with Gasteiger partial charge in [-0.25, -0.2) is 4.98 Å². The third-order valence-corrected chi connectivity index (χ3v) is 5.81. The standard InChI is InChI=1S/C24H29N3O2/c1-3-23-25-22-10-5-4-9-21(22)24(28)27(23)19-11-13-20(14-12-19)29-17-7-16-26-15-6-8-18(26)2/h4-5,9-14,18H,3,6-8,15-17H2,1-2H3/t18-/m0/s1. The molecule has 1 atom stereocenters. The molecule has 3 aromatic rings. The third-order valence-electron chi connectivity index (χ3n) is 5.81. The normalized spacial score (nSPS) is 17.1. The van der Waals surface area contributed by atoms with E-state index < -0.39 is 0 Å². The van der Waals surface area contributed by atoms with Crippen LogP contribution in [0.1, 0.15) is 38.9 Å². The van der Waals surface area contributed by atoms with Gasteiger partial charge in [-0.05, 0) is 69.1 Å². The van der Waals surface area contributed by atoms with Crippen LogP contribution in [-0.2, 0) is 6.42 Å². The first-order valence-corrected chi connectivity index (χ1v) is 10.7. The van der Waals surface area contributed by atoms with Crippen LogP contribution in [0.5, 0.6) is 5.75 Å². The van der Waals surface area contributed by atoms with Crippen molar-refractivity contribution in [1.82, 2.24) is 14.5 Å². The summed E-state index contributed by atoms with van der Waals surface area (Å²) in [5.74, 6) is 1.60. The number of nitrogens with zero attached hydrogens (tertiary/aromatic N) is 3. The van der Waals surface area contributed by atoms with Crippen LogP contribution in [0.2, 0.25) is 0 Å². The summed E-state index contributed by atoms with van der Waals surface area (Å²) < 4.78 is 7.63. The Kier molecular flexibility index (Phi) is 5.95. The molecule has 0 saturated carbocycles. The van der Waals surface area contributed by atoms with Crippen molar-refractivity contribution in [2.75, 3.05) is 19.7 Å². The van der Waals surface area contributed by atoms with Crippen molar-refractivity contribution in [3.63, 3.8) is 0 Å². The molecule has 1 aromatic heterocycles. The minimum atomic E-state index is -0.0270. The summed E-state index contributed by atoms with van der Waals surface area (Å²) in [5, 5.41) is 0.640. The van der Waals surface area contributed by atoms with Crippen LogP contribution in [0, 0.1) is 0 Å². The average Bonchev–Trinajstić information content (AvgIpc) is 3.16. The molecule has 4 rings (SSSR count). The number of hydrogen-bond donors (Lipinski definition) is 0. The second-order valence-corrected chi connectivity index (χ2v) is 7.76. The van der Waals surface area contributed by atoms with Gasteiger partial charge in [-0.15, -0.1) is 0 Å². The molecule has 0 spiro atoms. The highest BCUT2D eigenvalue weighted by atomic mass is 16.5. The Bertz CT molecular complexity index is 1030. The highest BCUT2D eigenvalue weighted by Gasteiger charge is 2.19. The summed E-state index contributed by atoms with van der Waals surface area (Å²) >= 11 is 0. The molecule has 0 N–H and O–H groups in total. The Morgan fingerprint density at radius 2 is 1.93 bits per heavy atom. The number of likely N-dealkylation sites (tertiary alicyclic amines) is 1. The van der Waals surface area contributed by atoms with Gasteiger partial charge in [0.05, 0.1) is 23.2 Å². The van der Waals surface area contributed by atoms with Crippen molar-refractivity contribution < 1.29 is 4.74 Å². The number of benzene rings is 2. The fraction of sp³-hybridized carbons (Fsp3) is 0.417. The zero-order valence-electron chi connectivity index (χ0n) is 17.3. The van der Waals surface area contributed by atoms with Crippen LogP contribution in [0.4, 0.5) is 0 Å². The first-order chi connectivity index (χ1) is 14.2. The number of aromatic nitrogens is 2. The Hall–Kier alpha value is -2.66. The van der Waals surface area contributed by atoms with Crippen molar-refractivity contribution >= 4 is 10.9 Å². The number of ether oxygens (including phenoxy) is 1. The highest BCUT2D eigenvalue weighted by molar-refractivity contribution is 5.77. The molecule has 1 aliphatic heterocycles. The fourth-order valence-corrected chi connectivity index (χ4v) is 4.16. The zero-order valence-corrected chi connectivity index (χ0v) is 17.3. The molecule has 29 heavy (non-hydrogen) atoms. The molecular weight excluding hydrogens is 362 g/mol. The highest BCUT2D eigenvalue weighted by Crippen LogP contribution is 2.19. The minimum absolute atomic E-state index is 0.0270. The maximum atomic E-state index is 13.0. The lowest BCUT2D eigenvalue weighted by atomic mass is 10.2. The summed E-state index contributed by atoms with van der Waals surface area (Å²) in [6.45, 7) is 7.34. The molecule has 5 heteroatoms. The molecule has 5 nitrogen and oxygen atoms in total. The SMILES string of the molecule is CCc1nc2ccccc2c(=O)n1-c1ccc(OCCCN2CCC[C@@H]2C)cc1. The van der Waals surface area contributed by atoms with Crippen LogP contribution in [-0.4, -0.2) is 40.2 Å². The van der Waals surface area contributed by atoms with E-state index in [1.165, 1.54) is 19.4 Å². The molecular formula is C24H29N3O2. The van der Waals surface area contributed by atoms with Gasteiger partial charge in [0.25, 0.3) is 5.56 Å². The zero-order chi connectivity index (χ0) is 20.2. The Morgan fingerprint density at radius 1 is 1.14 bits per heavy atom. The quantitative estimate of drug-likeness (QED) is 0.566. The topological polar surface area (TPSA) is 47.4 Å².